The summed E-state index contributed by atoms with van der Waals surface area (Å²) in [6, 6.07) is 15.8. The highest BCUT2D eigenvalue weighted by Gasteiger charge is 2.15. The number of hydrogen-bond acceptors (Lipinski definition) is 6. The second-order valence-corrected chi connectivity index (χ2v) is 8.64. The highest BCUT2D eigenvalue weighted by atomic mass is 32.2. The summed E-state index contributed by atoms with van der Waals surface area (Å²) in [7, 11) is 0. The number of rotatable bonds is 7. The molecule has 1 aliphatic heterocycles. The number of carbonyl (C=O) groups is 1. The van der Waals surface area contributed by atoms with Gasteiger partial charge < -0.3 is 14.6 Å². The van der Waals surface area contributed by atoms with Crippen LogP contribution in [0.4, 0.5) is 5.69 Å². The van der Waals surface area contributed by atoms with Crippen molar-refractivity contribution in [2.45, 2.75) is 31.0 Å². The highest BCUT2D eigenvalue weighted by molar-refractivity contribution is 7.98. The summed E-state index contributed by atoms with van der Waals surface area (Å²) in [4.78, 5) is 16.3. The molecular formula is C24H27N3O3S. The molecule has 1 fully saturated rings. The number of amides is 1. The van der Waals surface area contributed by atoms with Crippen molar-refractivity contribution < 1.29 is 14.1 Å². The van der Waals surface area contributed by atoms with E-state index in [1.54, 1.807) is 11.8 Å². The maximum atomic E-state index is 13.0. The van der Waals surface area contributed by atoms with Crippen molar-refractivity contribution in [3.8, 4) is 0 Å². The minimum atomic E-state index is -0.109. The quantitative estimate of drug-likeness (QED) is 0.542. The molecule has 1 saturated heterocycles. The summed E-state index contributed by atoms with van der Waals surface area (Å²) < 4.78 is 10.6. The molecule has 3 aromatic rings. The molecule has 0 unspecified atom stereocenters. The predicted octanol–water partition coefficient (Wildman–Crippen LogP) is 4.67. The number of thioether (sulfide) groups is 1. The zero-order valence-electron chi connectivity index (χ0n) is 17.9. The Kier molecular flexibility index (Phi) is 7.06. The van der Waals surface area contributed by atoms with Crippen LogP contribution in [0.15, 0.2) is 57.9 Å². The van der Waals surface area contributed by atoms with E-state index in [9.17, 15) is 4.79 Å². The Morgan fingerprint density at radius 2 is 1.84 bits per heavy atom. The average Bonchev–Trinajstić information content (AvgIpc) is 3.12. The third-order valence-corrected chi connectivity index (χ3v) is 6.51. The Hall–Kier alpha value is -2.61. The number of nitrogens with one attached hydrogen (secondary N) is 1. The molecule has 4 rings (SSSR count). The maximum absolute atomic E-state index is 13.0. The SMILES string of the molecule is Cc1noc(C)c1CSc1ccccc1C(=O)Nc1ccc(CN2CCOCC2)cc1. The van der Waals surface area contributed by atoms with E-state index in [0.29, 0.717) is 11.3 Å². The minimum Gasteiger partial charge on any atom is -0.379 e. The van der Waals surface area contributed by atoms with Crippen LogP contribution in [0.2, 0.25) is 0 Å². The van der Waals surface area contributed by atoms with Crippen LogP contribution in [0.3, 0.4) is 0 Å². The van der Waals surface area contributed by atoms with Crippen LogP contribution >= 0.6 is 11.8 Å². The molecule has 0 bridgehead atoms. The second kappa shape index (κ2) is 10.1. The van der Waals surface area contributed by atoms with Gasteiger partial charge in [0.15, 0.2) is 0 Å². The van der Waals surface area contributed by atoms with E-state index < -0.39 is 0 Å². The standard InChI is InChI=1S/C24H27N3O3S/c1-17-22(18(2)30-26-17)16-31-23-6-4-3-5-21(23)24(28)25-20-9-7-19(8-10-20)15-27-11-13-29-14-12-27/h3-10H,11-16H2,1-2H3,(H,25,28). The maximum Gasteiger partial charge on any atom is 0.256 e. The number of aromatic nitrogens is 1. The largest absolute Gasteiger partial charge is 0.379 e. The summed E-state index contributed by atoms with van der Waals surface area (Å²) >= 11 is 1.62. The van der Waals surface area contributed by atoms with Crippen LogP contribution in [0.25, 0.3) is 0 Å². The van der Waals surface area contributed by atoms with E-state index in [2.05, 4.69) is 27.5 Å². The van der Waals surface area contributed by atoms with Crippen LogP contribution in [0, 0.1) is 13.8 Å². The van der Waals surface area contributed by atoms with Crippen LogP contribution in [0.1, 0.15) is 32.9 Å². The Balaban J connectivity index is 1.39. The molecule has 6 nitrogen and oxygen atoms in total. The molecule has 2 aromatic carbocycles. The van der Waals surface area contributed by atoms with Gasteiger partial charge in [-0.25, -0.2) is 0 Å². The van der Waals surface area contributed by atoms with Crippen molar-refractivity contribution in [3.05, 3.63) is 76.7 Å². The monoisotopic (exact) mass is 437 g/mol. The van der Waals surface area contributed by atoms with Gasteiger partial charge in [-0.2, -0.15) is 0 Å². The number of benzene rings is 2. The lowest BCUT2D eigenvalue weighted by molar-refractivity contribution is 0.0342. The lowest BCUT2D eigenvalue weighted by Crippen LogP contribution is -2.35. The van der Waals surface area contributed by atoms with Gasteiger partial charge in [0.05, 0.1) is 24.5 Å². The van der Waals surface area contributed by atoms with Gasteiger partial charge in [-0.3, -0.25) is 9.69 Å². The van der Waals surface area contributed by atoms with Gasteiger partial charge in [-0.05, 0) is 43.7 Å². The molecule has 7 heteroatoms. The number of ether oxygens (including phenoxy) is 1. The predicted molar refractivity (Wildman–Crippen MR) is 122 cm³/mol. The zero-order chi connectivity index (χ0) is 21.6. The normalized spacial score (nSPS) is 14.5. The average molecular weight is 438 g/mol. The lowest BCUT2D eigenvalue weighted by Gasteiger charge is -2.26. The molecule has 31 heavy (non-hydrogen) atoms. The molecule has 162 valence electrons. The number of carbonyl (C=O) groups excluding carboxylic acids is 1. The minimum absolute atomic E-state index is 0.109. The lowest BCUT2D eigenvalue weighted by atomic mass is 10.1. The van der Waals surface area contributed by atoms with Gasteiger partial charge in [-0.1, -0.05) is 29.4 Å². The highest BCUT2D eigenvalue weighted by Crippen LogP contribution is 2.29. The fourth-order valence-electron chi connectivity index (χ4n) is 3.55. The second-order valence-electron chi connectivity index (χ2n) is 7.63. The van der Waals surface area contributed by atoms with E-state index in [1.807, 2.05) is 50.2 Å². The van der Waals surface area contributed by atoms with Gasteiger partial charge in [0.2, 0.25) is 0 Å². The first-order chi connectivity index (χ1) is 15.1. The molecule has 0 saturated carbocycles. The molecule has 1 aliphatic rings. The van der Waals surface area contributed by atoms with Crippen LogP contribution < -0.4 is 5.32 Å². The van der Waals surface area contributed by atoms with Crippen LogP contribution in [-0.2, 0) is 17.0 Å². The fraction of sp³-hybridized carbons (Fsp3) is 0.333. The van der Waals surface area contributed by atoms with Crippen molar-refractivity contribution in [2.75, 3.05) is 31.6 Å². The Morgan fingerprint density at radius 1 is 1.10 bits per heavy atom. The Labute approximate surface area is 186 Å². The van der Waals surface area contributed by atoms with E-state index in [-0.39, 0.29) is 5.91 Å². The molecule has 1 N–H and O–H groups in total. The summed E-state index contributed by atoms with van der Waals surface area (Å²) in [6.07, 6.45) is 0. The molecular weight excluding hydrogens is 410 g/mol. The van der Waals surface area contributed by atoms with Gasteiger partial charge in [-0.15, -0.1) is 11.8 Å². The van der Waals surface area contributed by atoms with E-state index in [4.69, 9.17) is 9.26 Å². The molecule has 0 spiro atoms. The van der Waals surface area contributed by atoms with Crippen molar-refractivity contribution in [3.63, 3.8) is 0 Å². The van der Waals surface area contributed by atoms with Gasteiger partial charge in [0.25, 0.3) is 5.91 Å². The third kappa shape index (κ3) is 5.55. The Morgan fingerprint density at radius 3 is 2.55 bits per heavy atom. The van der Waals surface area contributed by atoms with Crippen LogP contribution in [-0.4, -0.2) is 42.3 Å². The van der Waals surface area contributed by atoms with Crippen LogP contribution in [0.5, 0.6) is 0 Å². The molecule has 2 heterocycles. The molecule has 0 aliphatic carbocycles. The first-order valence-corrected chi connectivity index (χ1v) is 11.4. The smallest absolute Gasteiger partial charge is 0.256 e. The van der Waals surface area contributed by atoms with Crippen molar-refractivity contribution in [1.82, 2.24) is 10.1 Å². The Bertz CT molecular complexity index is 1010. The first kappa shape index (κ1) is 21.6. The summed E-state index contributed by atoms with van der Waals surface area (Å²) in [5, 5.41) is 7.04. The number of morpholine rings is 1. The molecule has 0 atom stereocenters. The van der Waals surface area contributed by atoms with E-state index in [0.717, 1.165) is 60.4 Å². The van der Waals surface area contributed by atoms with E-state index >= 15 is 0 Å². The third-order valence-electron chi connectivity index (χ3n) is 5.41. The molecule has 1 aromatic heterocycles. The van der Waals surface area contributed by atoms with E-state index in [1.165, 1.54) is 5.56 Å². The number of hydrogen-bond donors (Lipinski definition) is 1. The van der Waals surface area contributed by atoms with Crippen molar-refractivity contribution in [2.24, 2.45) is 0 Å². The van der Waals surface area contributed by atoms with Crippen molar-refractivity contribution >= 4 is 23.4 Å². The topological polar surface area (TPSA) is 67.6 Å². The number of anilines is 1. The van der Waals surface area contributed by atoms with Crippen molar-refractivity contribution in [1.29, 1.82) is 0 Å². The van der Waals surface area contributed by atoms with Gasteiger partial charge in [0.1, 0.15) is 5.76 Å². The zero-order valence-corrected chi connectivity index (χ0v) is 18.7. The summed E-state index contributed by atoms with van der Waals surface area (Å²) in [5.41, 5.74) is 4.66. The number of aryl methyl sites for hydroxylation is 2. The molecule has 0 radical (unpaired) electrons. The number of nitrogens with zero attached hydrogens (tertiary/aromatic N) is 2. The molecule has 1 amide bonds. The van der Waals surface area contributed by atoms with Gasteiger partial charge in [0, 0.05) is 41.5 Å². The fourth-order valence-corrected chi connectivity index (χ4v) is 4.75. The first-order valence-electron chi connectivity index (χ1n) is 10.4. The van der Waals surface area contributed by atoms with Gasteiger partial charge >= 0.3 is 0 Å². The summed E-state index contributed by atoms with van der Waals surface area (Å²) in [5.74, 6) is 1.42. The summed E-state index contributed by atoms with van der Waals surface area (Å²) in [6.45, 7) is 8.26.